The Morgan fingerprint density at radius 3 is 2.44 bits per heavy atom. The van der Waals surface area contributed by atoms with Crippen LogP contribution in [0.5, 0.6) is 23.0 Å². The lowest BCUT2D eigenvalue weighted by atomic mass is 10.1. The van der Waals surface area contributed by atoms with Gasteiger partial charge in [0.2, 0.25) is 21.5 Å². The molecule has 25 heavy (non-hydrogen) atoms. The van der Waals surface area contributed by atoms with Crippen molar-refractivity contribution >= 4 is 21.9 Å². The molecule has 0 saturated heterocycles. The molecule has 0 atom stereocenters. The molecule has 0 bridgehead atoms. The van der Waals surface area contributed by atoms with Crippen LogP contribution < -0.4 is 18.9 Å². The lowest BCUT2D eigenvalue weighted by molar-refractivity contribution is -0.131. The van der Waals surface area contributed by atoms with Crippen molar-refractivity contribution in [3.8, 4) is 34.3 Å². The summed E-state index contributed by atoms with van der Waals surface area (Å²) in [6, 6.07) is 4.72. The molecular weight excluding hydrogens is 354 g/mol. The van der Waals surface area contributed by atoms with Gasteiger partial charge in [0, 0.05) is 6.92 Å². The maximum absolute atomic E-state index is 11.5. The summed E-state index contributed by atoms with van der Waals surface area (Å²) in [6.07, 6.45) is 0.885. The van der Waals surface area contributed by atoms with Gasteiger partial charge in [-0.1, -0.05) is 0 Å². The average Bonchev–Trinajstić information content (AvgIpc) is 2.81. The van der Waals surface area contributed by atoms with Crippen molar-refractivity contribution in [1.82, 2.24) is 0 Å². The highest BCUT2D eigenvalue weighted by Gasteiger charge is 2.28. The van der Waals surface area contributed by atoms with Crippen molar-refractivity contribution in [2.24, 2.45) is 0 Å². The average molecular weight is 371 g/mol. The first-order chi connectivity index (χ1) is 11.7. The van der Waals surface area contributed by atoms with Crippen LogP contribution in [0.15, 0.2) is 22.6 Å². The highest BCUT2D eigenvalue weighted by molar-refractivity contribution is 7.92. The topological polar surface area (TPSA) is 124 Å². The molecule has 2 rings (SSSR count). The smallest absolute Gasteiger partial charge is 0.308 e. The fourth-order valence-corrected chi connectivity index (χ4v) is 2.53. The fourth-order valence-electron chi connectivity index (χ4n) is 2.06. The van der Waals surface area contributed by atoms with Gasteiger partial charge < -0.3 is 23.7 Å². The predicted molar refractivity (Wildman–Crippen MR) is 88.7 cm³/mol. The van der Waals surface area contributed by atoms with E-state index in [0.717, 1.165) is 13.2 Å². The molecule has 136 valence electrons. The lowest BCUT2D eigenvalue weighted by Gasteiger charge is -2.08. The van der Waals surface area contributed by atoms with E-state index < -0.39 is 33.4 Å². The summed E-state index contributed by atoms with van der Waals surface area (Å²) in [5.74, 6) is -1.60. The van der Waals surface area contributed by atoms with Crippen LogP contribution in [0.25, 0.3) is 11.3 Å². The second kappa shape index (κ2) is 6.93. The second-order valence-electron chi connectivity index (χ2n) is 4.97. The van der Waals surface area contributed by atoms with E-state index in [1.807, 2.05) is 4.72 Å². The van der Waals surface area contributed by atoms with Gasteiger partial charge in [-0.2, -0.15) is 0 Å². The van der Waals surface area contributed by atoms with E-state index in [-0.39, 0.29) is 11.3 Å². The number of sulfonamides is 1. The number of carbonyl (C=O) groups excluding carboxylic acids is 1. The minimum Gasteiger partial charge on any atom is -0.502 e. The van der Waals surface area contributed by atoms with Gasteiger partial charge in [0.25, 0.3) is 5.88 Å². The Hall–Kier alpha value is -2.88. The van der Waals surface area contributed by atoms with Crippen molar-refractivity contribution in [1.29, 1.82) is 0 Å². The molecule has 2 N–H and O–H groups in total. The Balaban J connectivity index is 2.68. The third kappa shape index (κ3) is 4.15. The van der Waals surface area contributed by atoms with Crippen LogP contribution in [0, 0.1) is 0 Å². The normalized spacial score (nSPS) is 11.0. The Bertz CT molecular complexity index is 900. The maximum Gasteiger partial charge on any atom is 0.308 e. The zero-order chi connectivity index (χ0) is 18.8. The van der Waals surface area contributed by atoms with Gasteiger partial charge in [-0.15, -0.1) is 0 Å². The van der Waals surface area contributed by atoms with Crippen molar-refractivity contribution in [2.75, 3.05) is 25.2 Å². The van der Waals surface area contributed by atoms with Gasteiger partial charge in [-0.25, -0.2) is 8.42 Å². The molecule has 0 amide bonds. The SMILES string of the molecule is COc1ccc(OC)c(-c2oc(NS(C)(=O)=O)c(OC(C)=O)c2O)c1. The van der Waals surface area contributed by atoms with Crippen molar-refractivity contribution < 1.29 is 36.9 Å². The number of methoxy groups -OCH3 is 2. The highest BCUT2D eigenvalue weighted by Crippen LogP contribution is 2.49. The number of rotatable bonds is 6. The second-order valence-corrected chi connectivity index (χ2v) is 6.72. The van der Waals surface area contributed by atoms with Crippen LogP contribution in [-0.2, 0) is 14.8 Å². The number of nitrogens with one attached hydrogen (secondary N) is 1. The van der Waals surface area contributed by atoms with Crippen LogP contribution in [0.4, 0.5) is 5.88 Å². The van der Waals surface area contributed by atoms with E-state index >= 15 is 0 Å². The fraction of sp³-hybridized carbons (Fsp3) is 0.267. The lowest BCUT2D eigenvalue weighted by Crippen LogP contribution is -2.11. The summed E-state index contributed by atoms with van der Waals surface area (Å²) in [7, 11) is -0.888. The van der Waals surface area contributed by atoms with Gasteiger partial charge in [-0.3, -0.25) is 9.52 Å². The summed E-state index contributed by atoms with van der Waals surface area (Å²) in [4.78, 5) is 11.3. The largest absolute Gasteiger partial charge is 0.502 e. The number of anilines is 1. The van der Waals surface area contributed by atoms with E-state index in [4.69, 9.17) is 18.6 Å². The highest BCUT2D eigenvalue weighted by atomic mass is 32.2. The third-order valence-electron chi connectivity index (χ3n) is 3.02. The number of furan rings is 1. The minimum atomic E-state index is -3.75. The number of esters is 1. The summed E-state index contributed by atoms with van der Waals surface area (Å²) < 4.78 is 45.6. The molecule has 0 aliphatic carbocycles. The molecule has 0 saturated carbocycles. The molecule has 10 heteroatoms. The van der Waals surface area contributed by atoms with E-state index in [0.29, 0.717) is 11.5 Å². The van der Waals surface area contributed by atoms with Crippen LogP contribution in [0.3, 0.4) is 0 Å². The van der Waals surface area contributed by atoms with Crippen LogP contribution >= 0.6 is 0 Å². The molecule has 2 aromatic rings. The summed E-state index contributed by atoms with van der Waals surface area (Å²) in [5, 5.41) is 10.4. The zero-order valence-corrected chi connectivity index (χ0v) is 14.8. The molecule has 0 unspecified atom stereocenters. The van der Waals surface area contributed by atoms with Gasteiger partial charge in [0.15, 0.2) is 5.76 Å². The molecular formula is C15H17NO8S. The quantitative estimate of drug-likeness (QED) is 0.739. The van der Waals surface area contributed by atoms with E-state index in [2.05, 4.69) is 0 Å². The number of hydrogen-bond acceptors (Lipinski definition) is 8. The third-order valence-corrected chi connectivity index (χ3v) is 3.57. The molecule has 0 spiro atoms. The number of aromatic hydroxyl groups is 1. The number of benzene rings is 1. The minimum absolute atomic E-state index is 0.154. The van der Waals surface area contributed by atoms with Crippen molar-refractivity contribution in [3.05, 3.63) is 18.2 Å². The Labute approximate surface area is 144 Å². The number of hydrogen-bond donors (Lipinski definition) is 2. The molecule has 0 fully saturated rings. The van der Waals surface area contributed by atoms with E-state index in [1.165, 1.54) is 20.3 Å². The number of ether oxygens (including phenoxy) is 3. The summed E-state index contributed by atoms with van der Waals surface area (Å²) in [5.41, 5.74) is 0.273. The Morgan fingerprint density at radius 1 is 1.24 bits per heavy atom. The Kier molecular flexibility index (Phi) is 5.12. The van der Waals surface area contributed by atoms with Crippen LogP contribution in [-0.4, -0.2) is 40.0 Å². The van der Waals surface area contributed by atoms with Crippen LogP contribution in [0.1, 0.15) is 6.92 Å². The summed E-state index contributed by atoms with van der Waals surface area (Å²) >= 11 is 0. The molecule has 1 aromatic heterocycles. The summed E-state index contributed by atoms with van der Waals surface area (Å²) in [6.45, 7) is 1.10. The first-order valence-corrected chi connectivity index (χ1v) is 8.79. The molecule has 9 nitrogen and oxygen atoms in total. The standard InChI is InChI=1S/C15H17NO8S/c1-8(17)23-14-12(18)13(24-15(14)16-25(4,19)20)10-7-9(21-2)5-6-11(10)22-3/h5-7,16,18H,1-4H3. The molecule has 1 aromatic carbocycles. The molecule has 0 aliphatic heterocycles. The predicted octanol–water partition coefficient (Wildman–Crippen LogP) is 1.97. The van der Waals surface area contributed by atoms with Gasteiger partial charge in [0.05, 0.1) is 26.0 Å². The first-order valence-electron chi connectivity index (χ1n) is 6.90. The van der Waals surface area contributed by atoms with Gasteiger partial charge in [-0.05, 0) is 18.2 Å². The molecule has 0 radical (unpaired) electrons. The van der Waals surface area contributed by atoms with E-state index in [1.54, 1.807) is 12.1 Å². The zero-order valence-electron chi connectivity index (χ0n) is 13.9. The Morgan fingerprint density at radius 2 is 1.92 bits per heavy atom. The molecule has 0 aliphatic rings. The molecule has 1 heterocycles. The van der Waals surface area contributed by atoms with Crippen molar-refractivity contribution in [3.63, 3.8) is 0 Å². The number of carbonyl (C=O) groups is 1. The first kappa shape index (κ1) is 18.5. The van der Waals surface area contributed by atoms with Gasteiger partial charge in [0.1, 0.15) is 11.5 Å². The van der Waals surface area contributed by atoms with E-state index in [9.17, 15) is 18.3 Å². The van der Waals surface area contributed by atoms with Crippen molar-refractivity contribution in [2.45, 2.75) is 6.92 Å². The van der Waals surface area contributed by atoms with Crippen LogP contribution in [0.2, 0.25) is 0 Å². The van der Waals surface area contributed by atoms with Gasteiger partial charge >= 0.3 is 5.97 Å². The maximum atomic E-state index is 11.5. The monoisotopic (exact) mass is 371 g/mol.